The lowest BCUT2D eigenvalue weighted by molar-refractivity contribution is -0.139. The van der Waals surface area contributed by atoms with E-state index in [9.17, 15) is 9.90 Å². The third-order valence-electron chi connectivity index (χ3n) is 5.26. The van der Waals surface area contributed by atoms with Gasteiger partial charge in [-0.2, -0.15) is 0 Å². The van der Waals surface area contributed by atoms with E-state index in [0.29, 0.717) is 30.6 Å². The molecule has 1 amide bonds. The van der Waals surface area contributed by atoms with Crippen molar-refractivity contribution < 1.29 is 9.90 Å². The lowest BCUT2D eigenvalue weighted by Gasteiger charge is -2.37. The van der Waals surface area contributed by atoms with E-state index in [1.165, 1.54) is 25.7 Å². The molecule has 1 saturated carbocycles. The van der Waals surface area contributed by atoms with Gasteiger partial charge in [0, 0.05) is 24.7 Å². The molecule has 3 fully saturated rings. The fourth-order valence-electron chi connectivity index (χ4n) is 4.28. The highest BCUT2D eigenvalue weighted by molar-refractivity contribution is 5.80. The lowest BCUT2D eigenvalue weighted by Crippen LogP contribution is -2.48. The van der Waals surface area contributed by atoms with Crippen molar-refractivity contribution in [2.24, 2.45) is 5.92 Å². The zero-order valence-corrected chi connectivity index (χ0v) is 11.7. The van der Waals surface area contributed by atoms with Crippen LogP contribution in [0, 0.1) is 5.92 Å². The average molecular weight is 266 g/mol. The molecule has 3 rings (SSSR count). The zero-order valence-electron chi connectivity index (χ0n) is 11.7. The van der Waals surface area contributed by atoms with Crippen LogP contribution < -0.4 is 5.32 Å². The summed E-state index contributed by atoms with van der Waals surface area (Å²) >= 11 is 0. The van der Waals surface area contributed by atoms with Gasteiger partial charge in [0.2, 0.25) is 5.91 Å². The number of carbonyl (C=O) groups excluding carboxylic acids is 1. The molecule has 3 aliphatic rings. The molecule has 2 N–H and O–H groups in total. The van der Waals surface area contributed by atoms with E-state index in [2.05, 4.69) is 5.32 Å². The van der Waals surface area contributed by atoms with E-state index in [4.69, 9.17) is 0 Å². The Labute approximate surface area is 115 Å². The van der Waals surface area contributed by atoms with Gasteiger partial charge in [-0.15, -0.1) is 0 Å². The van der Waals surface area contributed by atoms with E-state index >= 15 is 0 Å². The van der Waals surface area contributed by atoms with Crippen molar-refractivity contribution in [1.82, 2.24) is 10.2 Å². The number of hydrogen-bond donors (Lipinski definition) is 2. The molecule has 3 unspecified atom stereocenters. The predicted octanol–water partition coefficient (Wildman–Crippen LogP) is 1.28. The number of nitrogens with one attached hydrogen (secondary N) is 1. The highest BCUT2D eigenvalue weighted by Gasteiger charge is 2.44. The second-order valence-electron chi connectivity index (χ2n) is 6.44. The Hall–Kier alpha value is -0.610. The average Bonchev–Trinajstić information content (AvgIpc) is 3.07. The SMILES string of the molecule is O=C(C1CC2CCC1N2)N(CCO)C1CCCCC1. The van der Waals surface area contributed by atoms with Crippen molar-refractivity contribution in [3.63, 3.8) is 0 Å². The molecule has 0 spiro atoms. The maximum Gasteiger partial charge on any atom is 0.227 e. The summed E-state index contributed by atoms with van der Waals surface area (Å²) in [6.07, 6.45) is 9.41. The molecule has 2 aliphatic heterocycles. The molecule has 0 aromatic heterocycles. The first-order valence-electron chi connectivity index (χ1n) is 7.97. The highest BCUT2D eigenvalue weighted by atomic mass is 16.3. The number of rotatable bonds is 4. The monoisotopic (exact) mass is 266 g/mol. The zero-order chi connectivity index (χ0) is 13.2. The number of nitrogens with zero attached hydrogens (tertiary/aromatic N) is 1. The van der Waals surface area contributed by atoms with Gasteiger partial charge in [0.05, 0.1) is 12.5 Å². The summed E-state index contributed by atoms with van der Waals surface area (Å²) in [7, 11) is 0. The molecule has 0 aromatic rings. The first-order chi connectivity index (χ1) is 9.29. The summed E-state index contributed by atoms with van der Waals surface area (Å²) in [5, 5.41) is 12.8. The van der Waals surface area contributed by atoms with E-state index in [-0.39, 0.29) is 12.5 Å². The standard InChI is InChI=1S/C15H26N2O2/c18-9-8-17(12-4-2-1-3-5-12)15(19)13-10-11-6-7-14(13)16-11/h11-14,16,18H,1-10H2. The summed E-state index contributed by atoms with van der Waals surface area (Å²) in [6.45, 7) is 0.619. The maximum atomic E-state index is 12.8. The normalized spacial score (nSPS) is 34.7. The van der Waals surface area contributed by atoms with Crippen LogP contribution in [0.2, 0.25) is 0 Å². The molecule has 2 bridgehead atoms. The van der Waals surface area contributed by atoms with Gasteiger partial charge in [0.1, 0.15) is 0 Å². The van der Waals surface area contributed by atoms with Crippen molar-refractivity contribution in [3.8, 4) is 0 Å². The van der Waals surface area contributed by atoms with Crippen LogP contribution in [0.5, 0.6) is 0 Å². The van der Waals surface area contributed by atoms with E-state index < -0.39 is 0 Å². The predicted molar refractivity (Wildman–Crippen MR) is 73.7 cm³/mol. The third kappa shape index (κ3) is 2.65. The molecule has 2 heterocycles. The first kappa shape index (κ1) is 13.4. The molecule has 1 aliphatic carbocycles. The van der Waals surface area contributed by atoms with Crippen LogP contribution in [-0.4, -0.2) is 47.2 Å². The van der Waals surface area contributed by atoms with Crippen molar-refractivity contribution >= 4 is 5.91 Å². The van der Waals surface area contributed by atoms with Gasteiger partial charge in [-0.25, -0.2) is 0 Å². The lowest BCUT2D eigenvalue weighted by atomic mass is 9.86. The molecule has 19 heavy (non-hydrogen) atoms. The van der Waals surface area contributed by atoms with Crippen molar-refractivity contribution in [2.45, 2.75) is 69.5 Å². The minimum absolute atomic E-state index is 0.0937. The van der Waals surface area contributed by atoms with Crippen LogP contribution in [0.25, 0.3) is 0 Å². The molecule has 0 aromatic carbocycles. The van der Waals surface area contributed by atoms with Crippen LogP contribution in [0.1, 0.15) is 51.4 Å². The quantitative estimate of drug-likeness (QED) is 0.806. The Morgan fingerprint density at radius 1 is 1.16 bits per heavy atom. The molecule has 4 nitrogen and oxygen atoms in total. The summed E-state index contributed by atoms with van der Waals surface area (Å²) in [6, 6.07) is 1.36. The van der Waals surface area contributed by atoms with Gasteiger partial charge < -0.3 is 15.3 Å². The fourth-order valence-corrected chi connectivity index (χ4v) is 4.28. The molecule has 3 atom stereocenters. The van der Waals surface area contributed by atoms with Gasteiger partial charge in [0.15, 0.2) is 0 Å². The molecular weight excluding hydrogens is 240 g/mol. The largest absolute Gasteiger partial charge is 0.395 e. The van der Waals surface area contributed by atoms with Crippen molar-refractivity contribution in [1.29, 1.82) is 0 Å². The summed E-state index contributed by atoms with van der Waals surface area (Å²) in [5.41, 5.74) is 0. The molecule has 108 valence electrons. The molecule has 4 heteroatoms. The number of amides is 1. The van der Waals surface area contributed by atoms with Crippen molar-refractivity contribution in [3.05, 3.63) is 0 Å². The minimum Gasteiger partial charge on any atom is -0.395 e. The van der Waals surface area contributed by atoms with Gasteiger partial charge in [-0.1, -0.05) is 19.3 Å². The Bertz CT molecular complexity index is 328. The third-order valence-corrected chi connectivity index (χ3v) is 5.26. The van der Waals surface area contributed by atoms with E-state index in [1.807, 2.05) is 4.90 Å². The number of fused-ring (bicyclic) bond motifs is 2. The number of carbonyl (C=O) groups is 1. The second kappa shape index (κ2) is 5.80. The maximum absolute atomic E-state index is 12.8. The number of aliphatic hydroxyl groups is 1. The van der Waals surface area contributed by atoms with Gasteiger partial charge >= 0.3 is 0 Å². The second-order valence-corrected chi connectivity index (χ2v) is 6.44. The van der Waals surface area contributed by atoms with Gasteiger partial charge in [-0.05, 0) is 32.1 Å². The molecular formula is C15H26N2O2. The summed E-state index contributed by atoms with van der Waals surface area (Å²) in [4.78, 5) is 14.8. The van der Waals surface area contributed by atoms with Crippen LogP contribution >= 0.6 is 0 Å². The van der Waals surface area contributed by atoms with Crippen molar-refractivity contribution in [2.75, 3.05) is 13.2 Å². The summed E-state index contributed by atoms with van der Waals surface area (Å²) < 4.78 is 0. The van der Waals surface area contributed by atoms with Gasteiger partial charge in [-0.3, -0.25) is 4.79 Å². The number of hydrogen-bond acceptors (Lipinski definition) is 3. The number of aliphatic hydroxyl groups excluding tert-OH is 1. The van der Waals surface area contributed by atoms with Crippen LogP contribution in [0.15, 0.2) is 0 Å². The Morgan fingerprint density at radius 2 is 1.95 bits per heavy atom. The molecule has 2 saturated heterocycles. The Morgan fingerprint density at radius 3 is 2.53 bits per heavy atom. The fraction of sp³-hybridized carbons (Fsp3) is 0.933. The topological polar surface area (TPSA) is 52.6 Å². The Kier molecular flexibility index (Phi) is 4.08. The minimum atomic E-state index is 0.0937. The van der Waals surface area contributed by atoms with Crippen LogP contribution in [-0.2, 0) is 4.79 Å². The Balaban J connectivity index is 1.66. The van der Waals surface area contributed by atoms with Crippen LogP contribution in [0.4, 0.5) is 0 Å². The smallest absolute Gasteiger partial charge is 0.227 e. The van der Waals surface area contributed by atoms with Crippen LogP contribution in [0.3, 0.4) is 0 Å². The molecule has 0 radical (unpaired) electrons. The highest BCUT2D eigenvalue weighted by Crippen LogP contribution is 2.35. The van der Waals surface area contributed by atoms with Gasteiger partial charge in [0.25, 0.3) is 0 Å². The summed E-state index contributed by atoms with van der Waals surface area (Å²) in [5.74, 6) is 0.480. The van der Waals surface area contributed by atoms with E-state index in [1.54, 1.807) is 0 Å². The van der Waals surface area contributed by atoms with E-state index in [0.717, 1.165) is 25.7 Å². The first-order valence-corrected chi connectivity index (χ1v) is 7.97.